The molecule has 0 aliphatic heterocycles. The molecule has 0 radical (unpaired) electrons. The molecule has 0 aliphatic rings. The fourth-order valence-corrected chi connectivity index (χ4v) is 1.33. The van der Waals surface area contributed by atoms with Gasteiger partial charge in [0.2, 0.25) is 0 Å². The summed E-state index contributed by atoms with van der Waals surface area (Å²) in [5.41, 5.74) is 0.270. The number of ether oxygens (including phenoxy) is 1. The van der Waals surface area contributed by atoms with Crippen molar-refractivity contribution in [2.45, 2.75) is 6.61 Å². The molecule has 0 fully saturated rings. The molecule has 0 heterocycles. The second-order valence-corrected chi connectivity index (χ2v) is 3.91. The minimum absolute atomic E-state index is 0.0545. The molecule has 84 valence electrons. The van der Waals surface area contributed by atoms with Gasteiger partial charge in [0.05, 0.1) is 13.7 Å². The van der Waals surface area contributed by atoms with Gasteiger partial charge in [0, 0.05) is 5.56 Å². The SMILES string of the molecule is COc1c(F)cccc1COS(N)(=O)=O. The van der Waals surface area contributed by atoms with Crippen LogP contribution in [0.2, 0.25) is 0 Å². The number of nitrogens with two attached hydrogens (primary N) is 1. The molecule has 0 saturated heterocycles. The number of methoxy groups -OCH3 is 1. The molecule has 0 amide bonds. The molecule has 1 aromatic carbocycles. The zero-order valence-electron chi connectivity index (χ0n) is 7.94. The Kier molecular flexibility index (Phi) is 3.61. The molecule has 0 bridgehead atoms. The largest absolute Gasteiger partial charge is 0.493 e. The fraction of sp³-hybridized carbons (Fsp3) is 0.250. The lowest BCUT2D eigenvalue weighted by molar-refractivity contribution is 0.296. The smallest absolute Gasteiger partial charge is 0.333 e. The van der Waals surface area contributed by atoms with Crippen LogP contribution in [0.3, 0.4) is 0 Å². The Morgan fingerprint density at radius 1 is 1.47 bits per heavy atom. The Hall–Kier alpha value is -1.18. The highest BCUT2D eigenvalue weighted by atomic mass is 32.2. The maximum atomic E-state index is 13.1. The van der Waals surface area contributed by atoms with Crippen molar-refractivity contribution in [3.05, 3.63) is 29.6 Å². The van der Waals surface area contributed by atoms with Crippen LogP contribution in [-0.2, 0) is 21.1 Å². The van der Waals surface area contributed by atoms with E-state index in [2.05, 4.69) is 9.32 Å². The summed E-state index contributed by atoms with van der Waals surface area (Å²) in [5, 5.41) is 4.63. The molecule has 15 heavy (non-hydrogen) atoms. The van der Waals surface area contributed by atoms with E-state index in [1.807, 2.05) is 0 Å². The van der Waals surface area contributed by atoms with Crippen LogP contribution in [0, 0.1) is 5.82 Å². The summed E-state index contributed by atoms with van der Waals surface area (Å²) in [4.78, 5) is 0. The minimum Gasteiger partial charge on any atom is -0.493 e. The van der Waals surface area contributed by atoms with Gasteiger partial charge in [-0.25, -0.2) is 9.53 Å². The van der Waals surface area contributed by atoms with Crippen molar-refractivity contribution in [2.24, 2.45) is 5.14 Å². The van der Waals surface area contributed by atoms with E-state index in [4.69, 9.17) is 4.74 Å². The molecule has 0 aromatic heterocycles. The average Bonchev–Trinajstić information content (AvgIpc) is 2.13. The van der Waals surface area contributed by atoms with Gasteiger partial charge in [-0.1, -0.05) is 12.1 Å². The number of hydrogen-bond acceptors (Lipinski definition) is 4. The Balaban J connectivity index is 2.90. The van der Waals surface area contributed by atoms with E-state index in [-0.39, 0.29) is 17.9 Å². The number of benzene rings is 1. The highest BCUT2D eigenvalue weighted by molar-refractivity contribution is 7.84. The molecular weight excluding hydrogens is 225 g/mol. The van der Waals surface area contributed by atoms with E-state index in [9.17, 15) is 12.8 Å². The van der Waals surface area contributed by atoms with E-state index in [1.54, 1.807) is 0 Å². The van der Waals surface area contributed by atoms with Gasteiger partial charge in [0.1, 0.15) is 0 Å². The lowest BCUT2D eigenvalue weighted by Gasteiger charge is -2.08. The zero-order valence-corrected chi connectivity index (χ0v) is 8.75. The predicted molar refractivity (Wildman–Crippen MR) is 50.8 cm³/mol. The monoisotopic (exact) mass is 235 g/mol. The molecule has 1 aromatic rings. The van der Waals surface area contributed by atoms with Crippen molar-refractivity contribution >= 4 is 10.3 Å². The molecule has 7 heteroatoms. The third-order valence-corrected chi connectivity index (χ3v) is 2.08. The van der Waals surface area contributed by atoms with Crippen LogP contribution in [0.1, 0.15) is 5.56 Å². The van der Waals surface area contributed by atoms with Gasteiger partial charge in [-0.15, -0.1) is 0 Å². The van der Waals surface area contributed by atoms with Gasteiger partial charge in [-0.05, 0) is 6.07 Å². The maximum absolute atomic E-state index is 13.1. The summed E-state index contributed by atoms with van der Waals surface area (Å²) in [5.74, 6) is -0.644. The standard InChI is InChI=1S/C8H10FNO4S/c1-13-8-6(3-2-4-7(8)9)5-14-15(10,11)12/h2-4H,5H2,1H3,(H2,10,11,12). The first-order valence-electron chi connectivity index (χ1n) is 3.92. The number of rotatable bonds is 4. The van der Waals surface area contributed by atoms with Gasteiger partial charge in [0.25, 0.3) is 0 Å². The van der Waals surface area contributed by atoms with Crippen molar-refractivity contribution < 1.29 is 21.7 Å². The van der Waals surface area contributed by atoms with Crippen molar-refractivity contribution in [3.8, 4) is 5.75 Å². The Bertz CT molecular complexity index is 446. The Labute approximate surface area is 86.9 Å². The summed E-state index contributed by atoms with van der Waals surface area (Å²) < 4.78 is 43.2. The zero-order chi connectivity index (χ0) is 11.5. The van der Waals surface area contributed by atoms with E-state index in [0.717, 1.165) is 0 Å². The van der Waals surface area contributed by atoms with Crippen molar-refractivity contribution in [1.29, 1.82) is 0 Å². The third kappa shape index (κ3) is 3.46. The average molecular weight is 235 g/mol. The van der Waals surface area contributed by atoms with Crippen molar-refractivity contribution in [2.75, 3.05) is 7.11 Å². The quantitative estimate of drug-likeness (QED) is 0.826. The van der Waals surface area contributed by atoms with Gasteiger partial charge < -0.3 is 4.74 Å². The van der Waals surface area contributed by atoms with Crippen LogP contribution in [-0.4, -0.2) is 15.5 Å². The van der Waals surface area contributed by atoms with Crippen LogP contribution >= 0.6 is 0 Å². The van der Waals surface area contributed by atoms with Crippen molar-refractivity contribution in [1.82, 2.24) is 0 Å². The van der Waals surface area contributed by atoms with Gasteiger partial charge in [-0.3, -0.25) is 4.18 Å². The summed E-state index contributed by atoms with van der Waals surface area (Å²) in [6, 6.07) is 4.09. The molecule has 2 N–H and O–H groups in total. The first-order chi connectivity index (χ1) is 6.94. The van der Waals surface area contributed by atoms with Crippen LogP contribution in [0.25, 0.3) is 0 Å². The number of halogens is 1. The van der Waals surface area contributed by atoms with Crippen molar-refractivity contribution in [3.63, 3.8) is 0 Å². The molecule has 0 unspecified atom stereocenters. The van der Waals surface area contributed by atoms with E-state index < -0.39 is 16.1 Å². The highest BCUT2D eigenvalue weighted by Crippen LogP contribution is 2.22. The molecular formula is C8H10FNO4S. The van der Waals surface area contributed by atoms with Gasteiger partial charge in [-0.2, -0.15) is 8.42 Å². The predicted octanol–water partition coefficient (Wildman–Crippen LogP) is 0.554. The molecule has 0 saturated carbocycles. The number of para-hydroxylation sites is 1. The lowest BCUT2D eigenvalue weighted by Crippen LogP contribution is -2.15. The van der Waals surface area contributed by atoms with Gasteiger partial charge >= 0.3 is 10.3 Å². The van der Waals surface area contributed by atoms with E-state index >= 15 is 0 Å². The molecule has 0 atom stereocenters. The summed E-state index contributed by atoms with van der Waals surface area (Å²) in [6.45, 7) is -0.361. The first-order valence-corrected chi connectivity index (χ1v) is 5.39. The fourth-order valence-electron chi connectivity index (χ4n) is 1.04. The second-order valence-electron chi connectivity index (χ2n) is 2.69. The molecule has 0 aliphatic carbocycles. The normalized spacial score (nSPS) is 11.4. The number of hydrogen-bond donors (Lipinski definition) is 1. The van der Waals surface area contributed by atoms with Crippen LogP contribution in [0.5, 0.6) is 5.75 Å². The van der Waals surface area contributed by atoms with Crippen LogP contribution in [0.15, 0.2) is 18.2 Å². The van der Waals surface area contributed by atoms with E-state index in [0.29, 0.717) is 0 Å². The summed E-state index contributed by atoms with van der Waals surface area (Å²) >= 11 is 0. The Morgan fingerprint density at radius 2 is 2.13 bits per heavy atom. The van der Waals surface area contributed by atoms with E-state index in [1.165, 1.54) is 25.3 Å². The topological polar surface area (TPSA) is 78.6 Å². The summed E-state index contributed by atoms with van der Waals surface area (Å²) in [7, 11) is -2.76. The Morgan fingerprint density at radius 3 is 2.67 bits per heavy atom. The first kappa shape index (κ1) is 11.9. The van der Waals surface area contributed by atoms with Crippen LogP contribution in [0.4, 0.5) is 4.39 Å². The highest BCUT2D eigenvalue weighted by Gasteiger charge is 2.11. The minimum atomic E-state index is -4.04. The maximum Gasteiger partial charge on any atom is 0.333 e. The molecule has 1 rings (SSSR count). The third-order valence-electron chi connectivity index (χ3n) is 1.63. The molecule has 0 spiro atoms. The molecule has 5 nitrogen and oxygen atoms in total. The van der Waals surface area contributed by atoms with Gasteiger partial charge in [0.15, 0.2) is 11.6 Å². The lowest BCUT2D eigenvalue weighted by atomic mass is 10.2. The second kappa shape index (κ2) is 4.56. The summed E-state index contributed by atoms with van der Waals surface area (Å²) in [6.07, 6.45) is 0. The van der Waals surface area contributed by atoms with Crippen LogP contribution < -0.4 is 9.88 Å².